The molecule has 124 valence electrons. The number of benzene rings is 1. The van der Waals surface area contributed by atoms with E-state index >= 15 is 0 Å². The fraction of sp³-hybridized carbons (Fsp3) is 0.429. The molecule has 0 unspecified atom stereocenters. The van der Waals surface area contributed by atoms with Gasteiger partial charge in [0.25, 0.3) is 0 Å². The molecule has 1 aliphatic rings. The predicted molar refractivity (Wildman–Crippen MR) is 80.3 cm³/mol. The summed E-state index contributed by atoms with van der Waals surface area (Å²) in [6.07, 6.45) is 1.65. The number of aromatic nitrogens is 3. The number of H-pyrrole nitrogens is 1. The minimum Gasteiger partial charge on any atom is -0.380 e. The quantitative estimate of drug-likeness (QED) is 0.884. The van der Waals surface area contributed by atoms with E-state index in [4.69, 9.17) is 4.74 Å². The molecule has 0 amide bonds. The van der Waals surface area contributed by atoms with Crippen LogP contribution >= 0.6 is 0 Å². The molecule has 0 spiro atoms. The number of halogens is 1. The first-order valence-electron chi connectivity index (χ1n) is 7.11. The highest BCUT2D eigenvalue weighted by Gasteiger charge is 2.41. The second kappa shape index (κ2) is 6.34. The number of hydrogen-bond donors (Lipinski definition) is 1. The Morgan fingerprint density at radius 2 is 2.13 bits per heavy atom. The van der Waals surface area contributed by atoms with Crippen molar-refractivity contribution < 1.29 is 17.5 Å². The molecule has 0 radical (unpaired) electrons. The van der Waals surface area contributed by atoms with Gasteiger partial charge in [-0.25, -0.2) is 17.8 Å². The largest absolute Gasteiger partial charge is 0.380 e. The predicted octanol–water partition coefficient (Wildman–Crippen LogP) is 1.24. The van der Waals surface area contributed by atoms with Crippen LogP contribution in [0.4, 0.5) is 4.39 Å². The number of nitrogens with zero attached hydrogens (tertiary/aromatic N) is 3. The molecule has 9 heteroatoms. The molecular weight excluding hydrogens is 323 g/mol. The molecule has 1 aromatic carbocycles. The Labute approximate surface area is 133 Å². The molecular formula is C14H17FN4O3S. The topological polar surface area (TPSA) is 88.2 Å². The first-order chi connectivity index (χ1) is 11.0. The van der Waals surface area contributed by atoms with E-state index in [0.29, 0.717) is 17.8 Å². The van der Waals surface area contributed by atoms with Crippen LogP contribution in [-0.4, -0.2) is 47.7 Å². The number of nitrogens with one attached hydrogen (secondary N) is 1. The zero-order valence-corrected chi connectivity index (χ0v) is 13.3. The van der Waals surface area contributed by atoms with Gasteiger partial charge in [-0.2, -0.15) is 9.40 Å². The van der Waals surface area contributed by atoms with Crippen LogP contribution in [0.1, 0.15) is 23.9 Å². The smallest absolute Gasteiger partial charge is 0.219 e. The minimum absolute atomic E-state index is 0.200. The average Bonchev–Trinajstić information content (AvgIpc) is 3.18. The molecule has 2 aromatic rings. The molecule has 1 aliphatic heterocycles. The first kappa shape index (κ1) is 16.0. The summed E-state index contributed by atoms with van der Waals surface area (Å²) < 4.78 is 45.2. The molecule has 1 aromatic heterocycles. The fourth-order valence-electron chi connectivity index (χ4n) is 2.74. The van der Waals surface area contributed by atoms with Crippen molar-refractivity contribution in [3.05, 3.63) is 47.8 Å². The van der Waals surface area contributed by atoms with Gasteiger partial charge in [-0.05, 0) is 24.1 Å². The maximum absolute atomic E-state index is 13.0. The summed E-state index contributed by atoms with van der Waals surface area (Å²) in [6.45, 7) is 0.255. The normalized spacial score (nSPS) is 22.5. The van der Waals surface area contributed by atoms with Crippen molar-refractivity contribution in [3.8, 4) is 0 Å². The van der Waals surface area contributed by atoms with Crippen molar-refractivity contribution in [2.75, 3.05) is 13.7 Å². The third-order valence-corrected chi connectivity index (χ3v) is 5.74. The minimum atomic E-state index is -3.60. The van der Waals surface area contributed by atoms with Gasteiger partial charge in [-0.15, -0.1) is 0 Å². The molecule has 1 saturated heterocycles. The Balaban J connectivity index is 1.85. The zero-order chi connectivity index (χ0) is 16.4. The molecule has 2 heterocycles. The van der Waals surface area contributed by atoms with Crippen molar-refractivity contribution in [1.82, 2.24) is 19.5 Å². The highest BCUT2D eigenvalue weighted by molar-refractivity contribution is 7.88. The monoisotopic (exact) mass is 340 g/mol. The van der Waals surface area contributed by atoms with Crippen LogP contribution < -0.4 is 0 Å². The maximum atomic E-state index is 13.0. The van der Waals surface area contributed by atoms with Gasteiger partial charge in [0, 0.05) is 13.7 Å². The zero-order valence-electron chi connectivity index (χ0n) is 12.5. The van der Waals surface area contributed by atoms with Crippen LogP contribution in [0.3, 0.4) is 0 Å². The number of hydrogen-bond acceptors (Lipinski definition) is 5. The summed E-state index contributed by atoms with van der Waals surface area (Å²) in [5, 5.41) is 6.51. The van der Waals surface area contributed by atoms with Gasteiger partial charge >= 0.3 is 0 Å². The lowest BCUT2D eigenvalue weighted by Gasteiger charge is -2.22. The second-order valence-electron chi connectivity index (χ2n) is 5.43. The maximum Gasteiger partial charge on any atom is 0.219 e. The summed E-state index contributed by atoms with van der Waals surface area (Å²) in [6, 6.07) is 5.01. The van der Waals surface area contributed by atoms with Gasteiger partial charge in [0.2, 0.25) is 10.0 Å². The van der Waals surface area contributed by atoms with Gasteiger partial charge in [0.1, 0.15) is 18.0 Å². The van der Waals surface area contributed by atoms with Crippen LogP contribution in [0.5, 0.6) is 0 Å². The molecule has 23 heavy (non-hydrogen) atoms. The van der Waals surface area contributed by atoms with E-state index in [-0.39, 0.29) is 18.4 Å². The number of ether oxygens (including phenoxy) is 1. The lowest BCUT2D eigenvalue weighted by atomic mass is 10.2. The molecule has 1 fully saturated rings. The number of methoxy groups -OCH3 is 1. The van der Waals surface area contributed by atoms with Crippen LogP contribution in [0.25, 0.3) is 0 Å². The van der Waals surface area contributed by atoms with Crippen LogP contribution in [0.15, 0.2) is 30.6 Å². The first-order valence-corrected chi connectivity index (χ1v) is 8.72. The summed E-state index contributed by atoms with van der Waals surface area (Å²) in [4.78, 5) is 4.07. The van der Waals surface area contributed by atoms with Crippen LogP contribution in [0, 0.1) is 5.82 Å². The fourth-order valence-corrected chi connectivity index (χ4v) is 4.49. The number of aromatic amines is 1. The molecule has 7 nitrogen and oxygen atoms in total. The lowest BCUT2D eigenvalue weighted by molar-refractivity contribution is 0.114. The van der Waals surface area contributed by atoms with E-state index in [0.717, 1.165) is 0 Å². The third kappa shape index (κ3) is 3.41. The Morgan fingerprint density at radius 3 is 2.74 bits per heavy atom. The van der Waals surface area contributed by atoms with Crippen molar-refractivity contribution in [2.24, 2.45) is 0 Å². The summed E-state index contributed by atoms with van der Waals surface area (Å²) in [7, 11) is -2.05. The lowest BCUT2D eigenvalue weighted by Crippen LogP contribution is -2.33. The van der Waals surface area contributed by atoms with Gasteiger partial charge in [-0.3, -0.25) is 5.10 Å². The van der Waals surface area contributed by atoms with Crippen molar-refractivity contribution in [1.29, 1.82) is 0 Å². The average molecular weight is 340 g/mol. The summed E-state index contributed by atoms with van der Waals surface area (Å²) in [5.41, 5.74) is 0.531. The highest BCUT2D eigenvalue weighted by Crippen LogP contribution is 2.34. The van der Waals surface area contributed by atoms with Crippen molar-refractivity contribution in [2.45, 2.75) is 24.3 Å². The Morgan fingerprint density at radius 1 is 1.39 bits per heavy atom. The Kier molecular flexibility index (Phi) is 4.42. The van der Waals surface area contributed by atoms with Crippen molar-refractivity contribution in [3.63, 3.8) is 0 Å². The molecule has 1 N–H and O–H groups in total. The van der Waals surface area contributed by atoms with Crippen LogP contribution in [0.2, 0.25) is 0 Å². The third-order valence-electron chi connectivity index (χ3n) is 3.92. The summed E-state index contributed by atoms with van der Waals surface area (Å²) >= 11 is 0. The molecule has 2 atom stereocenters. The second-order valence-corrected chi connectivity index (χ2v) is 7.35. The standard InChI is InChI=1S/C14H17FN4O3S/c1-22-12-6-13(14-16-9-17-18-14)19(7-12)23(20,21)8-10-2-4-11(15)5-3-10/h2-5,9,12-13H,6-8H2,1H3,(H,16,17,18)/t12-,13+/m1/s1. The van der Waals surface area contributed by atoms with Gasteiger partial charge in [0.15, 0.2) is 0 Å². The van der Waals surface area contributed by atoms with E-state index in [1.165, 1.54) is 34.9 Å². The van der Waals surface area contributed by atoms with E-state index in [2.05, 4.69) is 15.2 Å². The van der Waals surface area contributed by atoms with Crippen LogP contribution in [-0.2, 0) is 20.5 Å². The van der Waals surface area contributed by atoms with Gasteiger partial charge in [-0.1, -0.05) is 12.1 Å². The van der Waals surface area contributed by atoms with Crippen molar-refractivity contribution >= 4 is 10.0 Å². The van der Waals surface area contributed by atoms with E-state index < -0.39 is 21.9 Å². The Bertz CT molecular complexity index is 749. The van der Waals surface area contributed by atoms with Gasteiger partial charge in [0.05, 0.1) is 17.9 Å². The summed E-state index contributed by atoms with van der Waals surface area (Å²) in [5.74, 6) is -0.104. The SMILES string of the molecule is CO[C@@H]1C[C@@H](c2ncn[nH]2)N(S(=O)(=O)Cc2ccc(F)cc2)C1. The highest BCUT2D eigenvalue weighted by atomic mass is 32.2. The molecule has 0 aliphatic carbocycles. The van der Waals surface area contributed by atoms with E-state index in [1.807, 2.05) is 0 Å². The Hall–Kier alpha value is -1.84. The van der Waals surface area contributed by atoms with E-state index in [1.54, 1.807) is 7.11 Å². The number of rotatable bonds is 5. The molecule has 0 bridgehead atoms. The van der Waals surface area contributed by atoms with Gasteiger partial charge < -0.3 is 4.74 Å². The number of sulfonamides is 1. The van der Waals surface area contributed by atoms with E-state index in [9.17, 15) is 12.8 Å². The molecule has 0 saturated carbocycles. The molecule has 3 rings (SSSR count).